The van der Waals surface area contributed by atoms with Gasteiger partial charge in [0, 0.05) is 31.9 Å². The number of carbonyl (C=O) groups is 1. The molecule has 8 nitrogen and oxygen atoms in total. The van der Waals surface area contributed by atoms with Gasteiger partial charge in [0.2, 0.25) is 5.91 Å². The predicted octanol–water partition coefficient (Wildman–Crippen LogP) is 5.06. The average molecular weight is 576 g/mol. The second kappa shape index (κ2) is 11.2. The second-order valence-electron chi connectivity index (χ2n) is 9.05. The van der Waals surface area contributed by atoms with E-state index in [1.54, 1.807) is 10.8 Å². The third-order valence-electron chi connectivity index (χ3n) is 6.65. The van der Waals surface area contributed by atoms with E-state index in [1.807, 2.05) is 70.1 Å². The molecule has 3 aromatic heterocycles. The Morgan fingerprint density at radius 1 is 0.949 bits per heavy atom. The van der Waals surface area contributed by atoms with Gasteiger partial charge in [0.15, 0.2) is 14.8 Å². The first-order valence-electron chi connectivity index (χ1n) is 12.5. The van der Waals surface area contributed by atoms with E-state index in [9.17, 15) is 9.59 Å². The van der Waals surface area contributed by atoms with Gasteiger partial charge in [0.25, 0.3) is 5.56 Å². The van der Waals surface area contributed by atoms with Crippen LogP contribution in [0.25, 0.3) is 16.0 Å². The van der Waals surface area contributed by atoms with E-state index in [0.29, 0.717) is 44.8 Å². The van der Waals surface area contributed by atoms with Crippen LogP contribution in [0.2, 0.25) is 0 Å². The zero-order valence-electron chi connectivity index (χ0n) is 20.9. The van der Waals surface area contributed by atoms with Crippen LogP contribution in [-0.2, 0) is 11.3 Å². The number of hydrogen-bond acceptors (Lipinski definition) is 8. The minimum Gasteiger partial charge on any atom is -0.467 e. The third kappa shape index (κ3) is 5.29. The molecule has 0 spiro atoms. The molecule has 11 heteroatoms. The Morgan fingerprint density at radius 2 is 1.64 bits per heavy atom. The molecule has 1 saturated heterocycles. The topological polar surface area (TPSA) is 76.5 Å². The molecule has 0 N–H and O–H groups in total. The summed E-state index contributed by atoms with van der Waals surface area (Å²) >= 11 is 8.12. The van der Waals surface area contributed by atoms with Gasteiger partial charge in [-0.1, -0.05) is 59.5 Å². The molecule has 0 aliphatic carbocycles. The monoisotopic (exact) mass is 575 g/mol. The first-order valence-corrected chi connectivity index (χ1v) is 14.7. The number of furan rings is 1. The lowest BCUT2D eigenvalue weighted by molar-refractivity contribution is -0.128. The van der Waals surface area contributed by atoms with Crippen LogP contribution >= 0.6 is 35.3 Å². The lowest BCUT2D eigenvalue weighted by Crippen LogP contribution is -2.49. The van der Waals surface area contributed by atoms with Crippen LogP contribution in [-0.4, -0.2) is 56.9 Å². The summed E-state index contributed by atoms with van der Waals surface area (Å²) in [4.78, 5) is 36.1. The van der Waals surface area contributed by atoms with Crippen LogP contribution < -0.4 is 10.5 Å². The molecule has 198 valence electrons. The highest BCUT2D eigenvalue weighted by Gasteiger charge is 2.23. The van der Waals surface area contributed by atoms with Crippen molar-refractivity contribution in [3.8, 4) is 5.69 Å². The first kappa shape index (κ1) is 25.6. The van der Waals surface area contributed by atoms with Crippen LogP contribution in [0.3, 0.4) is 0 Å². The number of benzene rings is 2. The number of nitrogens with zero attached hydrogens (tertiary/aromatic N) is 5. The van der Waals surface area contributed by atoms with Gasteiger partial charge in [0.05, 0.1) is 24.2 Å². The molecular formula is C28H25N5O3S3. The van der Waals surface area contributed by atoms with Crippen LogP contribution in [0.1, 0.15) is 5.76 Å². The van der Waals surface area contributed by atoms with Crippen molar-refractivity contribution in [1.82, 2.24) is 19.0 Å². The molecule has 1 amide bonds. The van der Waals surface area contributed by atoms with Crippen LogP contribution in [0.5, 0.6) is 0 Å². The number of aromatic nitrogens is 3. The van der Waals surface area contributed by atoms with Gasteiger partial charge in [-0.3, -0.25) is 18.7 Å². The quantitative estimate of drug-likeness (QED) is 0.153. The SMILES string of the molecule is O=C(CSc1nc2c(sc(=S)n2Cc2ccco2)c(=O)n1-c1ccccc1)N1CCN(c2ccccc2)CC1. The molecule has 1 aliphatic heterocycles. The molecule has 4 heterocycles. The normalized spacial score (nSPS) is 13.7. The number of amides is 1. The van der Waals surface area contributed by atoms with E-state index < -0.39 is 0 Å². The van der Waals surface area contributed by atoms with Gasteiger partial charge in [0.1, 0.15) is 10.5 Å². The Morgan fingerprint density at radius 3 is 2.31 bits per heavy atom. The Bertz CT molecular complexity index is 1700. The molecular weight excluding hydrogens is 551 g/mol. The average Bonchev–Trinajstić information content (AvgIpc) is 3.61. The molecule has 1 fully saturated rings. The fourth-order valence-corrected chi connectivity index (χ4v) is 6.81. The minimum atomic E-state index is -0.202. The molecule has 0 unspecified atom stereocenters. The third-order valence-corrected chi connectivity index (χ3v) is 9.00. The summed E-state index contributed by atoms with van der Waals surface area (Å²) in [6.07, 6.45) is 1.61. The van der Waals surface area contributed by atoms with Crippen LogP contribution in [0.15, 0.2) is 93.4 Å². The van der Waals surface area contributed by atoms with Gasteiger partial charge in [-0.05, 0) is 48.6 Å². The standard InChI is InChI=1S/C28H25N5O3S3/c34-23(31-15-13-30(14-16-31)20-8-3-1-4-9-20)19-38-27-29-25-24(26(35)33(27)21-10-5-2-6-11-21)39-28(37)32(25)18-22-12-7-17-36-22/h1-12,17H,13-16,18-19H2. The van der Waals surface area contributed by atoms with Crippen molar-refractivity contribution in [2.45, 2.75) is 11.7 Å². The Balaban J connectivity index is 1.27. The number of carbonyl (C=O) groups excluding carboxylic acids is 1. The number of anilines is 1. The largest absolute Gasteiger partial charge is 0.467 e. The van der Waals surface area contributed by atoms with Crippen LogP contribution in [0.4, 0.5) is 5.69 Å². The maximum absolute atomic E-state index is 13.8. The van der Waals surface area contributed by atoms with Crippen LogP contribution in [0, 0.1) is 3.95 Å². The van der Waals surface area contributed by atoms with E-state index >= 15 is 0 Å². The number of thiazole rings is 1. The second-order valence-corrected chi connectivity index (χ2v) is 11.6. The van der Waals surface area contributed by atoms with Crippen molar-refractivity contribution in [1.29, 1.82) is 0 Å². The molecule has 1 aliphatic rings. The van der Waals surface area contributed by atoms with Gasteiger partial charge >= 0.3 is 0 Å². The van der Waals surface area contributed by atoms with Crippen molar-refractivity contribution >= 4 is 57.3 Å². The van der Waals surface area contributed by atoms with Crippen molar-refractivity contribution in [2.75, 3.05) is 36.8 Å². The molecule has 0 bridgehead atoms. The van der Waals surface area contributed by atoms with E-state index in [4.69, 9.17) is 21.6 Å². The summed E-state index contributed by atoms with van der Waals surface area (Å²) in [6, 6.07) is 23.3. The summed E-state index contributed by atoms with van der Waals surface area (Å²) < 4.78 is 9.93. The van der Waals surface area contributed by atoms with Gasteiger partial charge in [-0.25, -0.2) is 4.98 Å². The van der Waals surface area contributed by atoms with Gasteiger partial charge < -0.3 is 14.2 Å². The molecule has 39 heavy (non-hydrogen) atoms. The summed E-state index contributed by atoms with van der Waals surface area (Å²) in [5.41, 5.74) is 2.17. The molecule has 0 radical (unpaired) electrons. The minimum absolute atomic E-state index is 0.0272. The van der Waals surface area contributed by atoms with Gasteiger partial charge in [-0.15, -0.1) is 0 Å². The van der Waals surface area contributed by atoms with E-state index in [1.165, 1.54) is 28.8 Å². The highest BCUT2D eigenvalue weighted by atomic mass is 32.2. The number of thioether (sulfide) groups is 1. The molecule has 0 saturated carbocycles. The maximum Gasteiger partial charge on any atom is 0.278 e. The fourth-order valence-electron chi connectivity index (χ4n) is 4.65. The number of fused-ring (bicyclic) bond motifs is 1. The summed E-state index contributed by atoms with van der Waals surface area (Å²) in [7, 11) is 0. The molecule has 2 aromatic carbocycles. The number of rotatable bonds is 7. The molecule has 6 rings (SSSR count). The number of para-hydroxylation sites is 2. The Hall–Kier alpha value is -3.67. The smallest absolute Gasteiger partial charge is 0.278 e. The predicted molar refractivity (Wildman–Crippen MR) is 158 cm³/mol. The fraction of sp³-hybridized carbons (Fsp3) is 0.214. The van der Waals surface area contributed by atoms with Crippen molar-refractivity contribution < 1.29 is 9.21 Å². The zero-order chi connectivity index (χ0) is 26.8. The highest BCUT2D eigenvalue weighted by molar-refractivity contribution is 7.99. The molecule has 5 aromatic rings. The van der Waals surface area contributed by atoms with E-state index in [0.717, 1.165) is 18.8 Å². The zero-order valence-corrected chi connectivity index (χ0v) is 23.4. The Labute approximate surface area is 238 Å². The summed E-state index contributed by atoms with van der Waals surface area (Å²) in [5, 5.41) is 0.455. The van der Waals surface area contributed by atoms with Gasteiger partial charge in [-0.2, -0.15) is 0 Å². The van der Waals surface area contributed by atoms with Crippen molar-refractivity contribution in [3.63, 3.8) is 0 Å². The highest BCUT2D eigenvalue weighted by Crippen LogP contribution is 2.26. The van der Waals surface area contributed by atoms with E-state index in [-0.39, 0.29) is 17.2 Å². The summed E-state index contributed by atoms with van der Waals surface area (Å²) in [5.74, 6) is 0.928. The lowest BCUT2D eigenvalue weighted by Gasteiger charge is -2.36. The summed E-state index contributed by atoms with van der Waals surface area (Å²) in [6.45, 7) is 3.24. The molecule has 0 atom stereocenters. The van der Waals surface area contributed by atoms with E-state index in [2.05, 4.69) is 17.0 Å². The Kier molecular flexibility index (Phi) is 7.36. The first-order chi connectivity index (χ1) is 19.1. The number of hydrogen-bond donors (Lipinski definition) is 0. The van der Waals surface area contributed by atoms with Crippen molar-refractivity contribution in [2.24, 2.45) is 0 Å². The number of piperazine rings is 1. The van der Waals surface area contributed by atoms with Crippen molar-refractivity contribution in [3.05, 3.63) is 99.1 Å². The maximum atomic E-state index is 13.8. The lowest BCUT2D eigenvalue weighted by atomic mass is 10.2.